The Balaban J connectivity index is 5.26. The zero-order valence-corrected chi connectivity index (χ0v) is 61.6. The molecule has 2 unspecified atom stereocenters. The number of hydrogen-bond acceptors (Lipinski definition) is 15. The number of hydrogen-bond donors (Lipinski definition) is 3. The molecule has 0 spiro atoms. The molecular formula is C73H142O17P2. The average Bonchev–Trinajstić information content (AvgIpc) is 3.25. The third-order valence-electron chi connectivity index (χ3n) is 17.0. The summed E-state index contributed by atoms with van der Waals surface area (Å²) in [6.07, 6.45) is 51.2. The lowest BCUT2D eigenvalue weighted by Gasteiger charge is -2.21. The van der Waals surface area contributed by atoms with Gasteiger partial charge in [0.1, 0.15) is 19.3 Å². The van der Waals surface area contributed by atoms with Crippen molar-refractivity contribution in [2.45, 2.75) is 394 Å². The molecule has 0 aromatic heterocycles. The van der Waals surface area contributed by atoms with Crippen LogP contribution in [0.4, 0.5) is 0 Å². The van der Waals surface area contributed by atoms with Crippen molar-refractivity contribution in [2.24, 2.45) is 11.8 Å². The van der Waals surface area contributed by atoms with Crippen LogP contribution in [0, 0.1) is 11.8 Å². The maximum Gasteiger partial charge on any atom is 0.472 e. The van der Waals surface area contributed by atoms with Gasteiger partial charge in [0.05, 0.1) is 26.4 Å². The molecule has 0 saturated carbocycles. The second-order valence-corrected chi connectivity index (χ2v) is 30.2. The first-order valence-electron chi connectivity index (χ1n) is 38.0. The second-order valence-electron chi connectivity index (χ2n) is 27.3. The van der Waals surface area contributed by atoms with E-state index in [1.165, 1.54) is 193 Å². The molecule has 0 radical (unpaired) electrons. The van der Waals surface area contributed by atoms with Crippen molar-refractivity contribution in [1.29, 1.82) is 0 Å². The molecule has 546 valence electrons. The van der Waals surface area contributed by atoms with Crippen molar-refractivity contribution in [2.75, 3.05) is 39.6 Å². The molecule has 0 rings (SSSR count). The van der Waals surface area contributed by atoms with Crippen molar-refractivity contribution in [1.82, 2.24) is 0 Å². The van der Waals surface area contributed by atoms with E-state index in [1.807, 2.05) is 0 Å². The van der Waals surface area contributed by atoms with E-state index in [1.54, 1.807) is 0 Å². The Bertz CT molecular complexity index is 1790. The monoisotopic (exact) mass is 1350 g/mol. The zero-order valence-electron chi connectivity index (χ0n) is 59.9. The van der Waals surface area contributed by atoms with Gasteiger partial charge in [0.25, 0.3) is 0 Å². The maximum atomic E-state index is 13.1. The molecule has 0 aliphatic carbocycles. The fourth-order valence-electron chi connectivity index (χ4n) is 11.1. The van der Waals surface area contributed by atoms with Crippen LogP contribution in [-0.2, 0) is 65.4 Å². The van der Waals surface area contributed by atoms with E-state index in [9.17, 15) is 43.2 Å². The van der Waals surface area contributed by atoms with Crippen LogP contribution in [0.1, 0.15) is 375 Å². The number of unbranched alkanes of at least 4 members (excludes halogenated alkanes) is 42. The minimum Gasteiger partial charge on any atom is -0.462 e. The van der Waals surface area contributed by atoms with Crippen molar-refractivity contribution in [3.8, 4) is 0 Å². The van der Waals surface area contributed by atoms with E-state index in [2.05, 4.69) is 41.5 Å². The summed E-state index contributed by atoms with van der Waals surface area (Å²) in [7, 11) is -9.91. The summed E-state index contributed by atoms with van der Waals surface area (Å²) in [6.45, 7) is 9.56. The van der Waals surface area contributed by atoms with Crippen LogP contribution in [0.3, 0.4) is 0 Å². The largest absolute Gasteiger partial charge is 0.472 e. The minimum absolute atomic E-state index is 0.106. The highest BCUT2D eigenvalue weighted by Gasteiger charge is 2.30. The predicted octanol–water partition coefficient (Wildman–Crippen LogP) is 21.2. The molecule has 92 heavy (non-hydrogen) atoms. The van der Waals surface area contributed by atoms with E-state index >= 15 is 0 Å². The molecule has 17 nitrogen and oxygen atoms in total. The van der Waals surface area contributed by atoms with Gasteiger partial charge in [-0.15, -0.1) is 0 Å². The van der Waals surface area contributed by atoms with Crippen molar-refractivity contribution < 1.29 is 80.2 Å². The van der Waals surface area contributed by atoms with Gasteiger partial charge in [-0.2, -0.15) is 0 Å². The maximum absolute atomic E-state index is 13.1. The van der Waals surface area contributed by atoms with Gasteiger partial charge in [-0.25, -0.2) is 9.13 Å². The molecular weight excluding hydrogens is 1210 g/mol. The van der Waals surface area contributed by atoms with Crippen molar-refractivity contribution >= 4 is 39.5 Å². The average molecular weight is 1350 g/mol. The quantitative estimate of drug-likeness (QED) is 0.0222. The number of carbonyl (C=O) groups is 4. The SMILES string of the molecule is CCCCCCCCCCCCCCCCCC(=O)O[C@H](COC(=O)CCCCCCCCCCCCCC(C)C)COP(=O)(O)OC[C@@H](O)COP(=O)(O)OC[C@@H](COC(=O)CCCCCCCCCCCCC)OC(=O)CCCCCCCCCCCC(C)C. The summed E-state index contributed by atoms with van der Waals surface area (Å²) in [6, 6.07) is 0. The lowest BCUT2D eigenvalue weighted by molar-refractivity contribution is -0.161. The summed E-state index contributed by atoms with van der Waals surface area (Å²) in [4.78, 5) is 72.7. The fourth-order valence-corrected chi connectivity index (χ4v) is 12.7. The number of ether oxygens (including phenoxy) is 4. The molecule has 0 aliphatic rings. The number of aliphatic hydroxyl groups excluding tert-OH is 1. The summed E-state index contributed by atoms with van der Waals surface area (Å²) in [5.41, 5.74) is 0. The molecule has 0 aromatic rings. The smallest absolute Gasteiger partial charge is 0.462 e. The molecule has 0 saturated heterocycles. The number of phosphoric ester groups is 2. The van der Waals surface area contributed by atoms with Gasteiger partial charge < -0.3 is 33.8 Å². The summed E-state index contributed by atoms with van der Waals surface area (Å²) >= 11 is 0. The molecule has 3 N–H and O–H groups in total. The van der Waals surface area contributed by atoms with Gasteiger partial charge in [-0.3, -0.25) is 37.3 Å². The zero-order chi connectivity index (χ0) is 67.9. The van der Waals surface area contributed by atoms with Gasteiger partial charge in [-0.1, -0.05) is 324 Å². The molecule has 0 aliphatic heterocycles. The Morgan fingerprint density at radius 1 is 0.293 bits per heavy atom. The van der Waals surface area contributed by atoms with Crippen LogP contribution >= 0.6 is 15.6 Å². The lowest BCUT2D eigenvalue weighted by Crippen LogP contribution is -2.30. The third kappa shape index (κ3) is 66.7. The van der Waals surface area contributed by atoms with Crippen LogP contribution in [0.5, 0.6) is 0 Å². The Morgan fingerprint density at radius 3 is 0.739 bits per heavy atom. The number of aliphatic hydroxyl groups is 1. The Kier molecular flexibility index (Phi) is 63.7. The number of carbonyl (C=O) groups excluding carboxylic acids is 4. The minimum atomic E-state index is -4.95. The van der Waals surface area contributed by atoms with E-state index in [-0.39, 0.29) is 25.7 Å². The molecule has 19 heteroatoms. The molecule has 0 bridgehead atoms. The van der Waals surface area contributed by atoms with Gasteiger partial charge in [-0.05, 0) is 37.5 Å². The Hall–Kier alpha value is -1.94. The van der Waals surface area contributed by atoms with E-state index < -0.39 is 97.5 Å². The van der Waals surface area contributed by atoms with E-state index in [4.69, 9.17) is 37.0 Å². The highest BCUT2D eigenvalue weighted by molar-refractivity contribution is 7.47. The summed E-state index contributed by atoms with van der Waals surface area (Å²) in [5, 5.41) is 10.6. The second kappa shape index (κ2) is 65.0. The first-order valence-corrected chi connectivity index (χ1v) is 41.0. The fraction of sp³-hybridized carbons (Fsp3) is 0.945. The van der Waals surface area contributed by atoms with Crippen LogP contribution in [0.15, 0.2) is 0 Å². The molecule has 0 fully saturated rings. The van der Waals surface area contributed by atoms with E-state index in [0.717, 1.165) is 102 Å². The number of rotatable bonds is 72. The first-order chi connectivity index (χ1) is 44.4. The summed E-state index contributed by atoms with van der Waals surface area (Å²) in [5.74, 6) is -0.610. The number of esters is 4. The first kappa shape index (κ1) is 90.1. The molecule has 0 heterocycles. The van der Waals surface area contributed by atoms with Gasteiger partial charge in [0.2, 0.25) is 0 Å². The third-order valence-corrected chi connectivity index (χ3v) is 18.9. The highest BCUT2D eigenvalue weighted by Crippen LogP contribution is 2.45. The normalized spacial score (nSPS) is 14.1. The van der Waals surface area contributed by atoms with Crippen molar-refractivity contribution in [3.63, 3.8) is 0 Å². The standard InChI is InChI=1S/C73H142O17P2/c1-7-9-11-13-15-17-19-20-21-22-26-33-39-45-51-57-72(77)89-68(61-84-71(76)56-50-44-38-32-27-23-25-29-35-41-47-53-65(3)4)63-87-91(79,80)85-59-67(74)60-86-92(81,82)88-64-69(62-83-70(75)55-49-43-37-31-24-18-16-14-12-10-8-2)90-73(78)58-52-46-40-34-28-30-36-42-48-54-66(5)6/h65-69,74H,7-64H2,1-6H3,(H,79,80)(H,81,82)/t67-,68-,69-/m1/s1. The highest BCUT2D eigenvalue weighted by atomic mass is 31.2. The number of phosphoric acid groups is 2. The van der Waals surface area contributed by atoms with Crippen molar-refractivity contribution in [3.05, 3.63) is 0 Å². The van der Waals surface area contributed by atoms with E-state index in [0.29, 0.717) is 25.7 Å². The predicted molar refractivity (Wildman–Crippen MR) is 372 cm³/mol. The lowest BCUT2D eigenvalue weighted by atomic mass is 10.0. The van der Waals surface area contributed by atoms with Gasteiger partial charge in [0.15, 0.2) is 12.2 Å². The van der Waals surface area contributed by atoms with Gasteiger partial charge >= 0.3 is 39.5 Å². The Labute approximate surface area is 562 Å². The van der Waals surface area contributed by atoms with Crippen LogP contribution in [0.25, 0.3) is 0 Å². The van der Waals surface area contributed by atoms with Gasteiger partial charge in [0, 0.05) is 25.7 Å². The molecule has 0 aromatic carbocycles. The topological polar surface area (TPSA) is 237 Å². The van der Waals surface area contributed by atoms with Crippen LogP contribution in [-0.4, -0.2) is 96.7 Å². The Morgan fingerprint density at radius 2 is 0.500 bits per heavy atom. The summed E-state index contributed by atoms with van der Waals surface area (Å²) < 4.78 is 68.4. The van der Waals surface area contributed by atoms with Crippen LogP contribution < -0.4 is 0 Å². The molecule has 5 atom stereocenters. The molecule has 0 amide bonds. The van der Waals surface area contributed by atoms with Crippen LogP contribution in [0.2, 0.25) is 0 Å².